The van der Waals surface area contributed by atoms with Crippen LogP contribution in [0.1, 0.15) is 12.0 Å². The maximum absolute atomic E-state index is 13.4. The zero-order chi connectivity index (χ0) is 26.2. The Morgan fingerprint density at radius 1 is 0.974 bits per heavy atom. The molecule has 1 aliphatic heterocycles. The predicted molar refractivity (Wildman–Crippen MR) is 150 cm³/mol. The summed E-state index contributed by atoms with van der Waals surface area (Å²) >= 11 is 1.56. The fourth-order valence-electron chi connectivity index (χ4n) is 4.46. The summed E-state index contributed by atoms with van der Waals surface area (Å²) in [7, 11) is 0. The summed E-state index contributed by atoms with van der Waals surface area (Å²) in [6.45, 7) is 4.56. The molecule has 0 bridgehead atoms. The van der Waals surface area contributed by atoms with Crippen molar-refractivity contribution >= 4 is 28.6 Å². The number of carbonyl (C=O) groups excluding carboxylic acids is 1. The Morgan fingerprint density at radius 2 is 1.71 bits per heavy atom. The standard InChI is InChI=1S/C30H31FN4O2S/c31-25-9-11-26(12-10-25)33-30-35(16-4-15-32-29(36)21-23-5-2-1-3-6-23)28(22-38-30)24-7-13-27(14-8-24)34-17-19-37-20-18-34/h1-3,5-14,22H,4,15-21H2,(H,32,36)/b33-30-. The van der Waals surface area contributed by atoms with Gasteiger partial charge in [-0.3, -0.25) is 4.79 Å². The van der Waals surface area contributed by atoms with Crippen LogP contribution in [0.3, 0.4) is 0 Å². The molecule has 0 radical (unpaired) electrons. The lowest BCUT2D eigenvalue weighted by atomic mass is 10.1. The van der Waals surface area contributed by atoms with Gasteiger partial charge in [-0.15, -0.1) is 11.3 Å². The van der Waals surface area contributed by atoms with Crippen molar-refractivity contribution in [2.24, 2.45) is 4.99 Å². The number of hydrogen-bond donors (Lipinski definition) is 1. The van der Waals surface area contributed by atoms with E-state index in [1.165, 1.54) is 17.8 Å². The second-order valence-electron chi connectivity index (χ2n) is 9.16. The number of aromatic nitrogens is 1. The molecule has 0 saturated carbocycles. The van der Waals surface area contributed by atoms with Crippen molar-refractivity contribution in [2.45, 2.75) is 19.4 Å². The van der Waals surface area contributed by atoms with Crippen molar-refractivity contribution < 1.29 is 13.9 Å². The fraction of sp³-hybridized carbons (Fsp3) is 0.267. The summed E-state index contributed by atoms with van der Waals surface area (Å²) in [6.07, 6.45) is 1.13. The summed E-state index contributed by atoms with van der Waals surface area (Å²) in [4.78, 5) is 20.3. The number of hydrogen-bond acceptors (Lipinski definition) is 5. The van der Waals surface area contributed by atoms with Crippen molar-refractivity contribution in [1.29, 1.82) is 0 Å². The van der Waals surface area contributed by atoms with Crippen LogP contribution >= 0.6 is 11.3 Å². The largest absolute Gasteiger partial charge is 0.378 e. The fourth-order valence-corrected chi connectivity index (χ4v) is 5.42. The summed E-state index contributed by atoms with van der Waals surface area (Å²) in [5, 5.41) is 5.15. The van der Waals surface area contributed by atoms with Gasteiger partial charge >= 0.3 is 0 Å². The lowest BCUT2D eigenvalue weighted by Crippen LogP contribution is -2.36. The molecule has 1 aliphatic rings. The first-order valence-electron chi connectivity index (χ1n) is 12.9. The van der Waals surface area contributed by atoms with Gasteiger partial charge < -0.3 is 19.5 Å². The maximum Gasteiger partial charge on any atom is 0.224 e. The van der Waals surface area contributed by atoms with Gasteiger partial charge in [0.25, 0.3) is 0 Å². The number of thiazole rings is 1. The SMILES string of the molecule is O=C(Cc1ccccc1)NCCCn1c(-c2ccc(N3CCOCC3)cc2)cs/c1=N\c1ccc(F)cc1. The third kappa shape index (κ3) is 6.76. The minimum atomic E-state index is -0.282. The summed E-state index contributed by atoms with van der Waals surface area (Å²) < 4.78 is 21.1. The van der Waals surface area contributed by atoms with Gasteiger partial charge in [0.2, 0.25) is 5.91 Å². The number of amides is 1. The maximum atomic E-state index is 13.4. The van der Waals surface area contributed by atoms with Gasteiger partial charge in [-0.2, -0.15) is 0 Å². The number of benzene rings is 3. The van der Waals surface area contributed by atoms with Crippen LogP contribution in [-0.2, 0) is 22.5 Å². The zero-order valence-electron chi connectivity index (χ0n) is 21.2. The van der Waals surface area contributed by atoms with Crippen molar-refractivity contribution in [3.63, 3.8) is 0 Å². The molecule has 0 atom stereocenters. The van der Waals surface area contributed by atoms with E-state index >= 15 is 0 Å². The van der Waals surface area contributed by atoms with Crippen LogP contribution in [-0.4, -0.2) is 43.3 Å². The number of morpholine rings is 1. The average molecular weight is 531 g/mol. The number of anilines is 1. The van der Waals surface area contributed by atoms with Crippen LogP contribution in [0, 0.1) is 5.82 Å². The van der Waals surface area contributed by atoms with Crippen molar-refractivity contribution in [3.05, 3.63) is 100 Å². The van der Waals surface area contributed by atoms with Gasteiger partial charge in [-0.1, -0.05) is 42.5 Å². The van der Waals surface area contributed by atoms with Gasteiger partial charge in [-0.05, 0) is 53.9 Å². The first kappa shape index (κ1) is 25.9. The van der Waals surface area contributed by atoms with E-state index in [0.29, 0.717) is 25.2 Å². The highest BCUT2D eigenvalue weighted by molar-refractivity contribution is 7.07. The summed E-state index contributed by atoms with van der Waals surface area (Å²) in [5.41, 5.74) is 5.07. The van der Waals surface area contributed by atoms with Gasteiger partial charge in [0.15, 0.2) is 4.80 Å². The van der Waals surface area contributed by atoms with Crippen molar-refractivity contribution in [1.82, 2.24) is 9.88 Å². The third-order valence-electron chi connectivity index (χ3n) is 6.48. The highest BCUT2D eigenvalue weighted by atomic mass is 32.1. The first-order valence-corrected chi connectivity index (χ1v) is 13.8. The second kappa shape index (κ2) is 12.7. The molecule has 196 valence electrons. The topological polar surface area (TPSA) is 58.9 Å². The number of nitrogens with zero attached hydrogens (tertiary/aromatic N) is 3. The monoisotopic (exact) mass is 530 g/mol. The number of rotatable bonds is 9. The zero-order valence-corrected chi connectivity index (χ0v) is 22.0. The Balaban J connectivity index is 1.32. The summed E-state index contributed by atoms with van der Waals surface area (Å²) in [5.74, 6) is -0.267. The molecule has 1 fully saturated rings. The van der Waals surface area contributed by atoms with Crippen LogP contribution in [0.5, 0.6) is 0 Å². The molecule has 6 nitrogen and oxygen atoms in total. The Morgan fingerprint density at radius 3 is 2.45 bits per heavy atom. The highest BCUT2D eigenvalue weighted by Gasteiger charge is 2.13. The number of halogens is 1. The molecule has 1 N–H and O–H groups in total. The number of carbonyl (C=O) groups is 1. The van der Waals surface area contributed by atoms with E-state index in [1.807, 2.05) is 30.3 Å². The van der Waals surface area contributed by atoms with E-state index in [0.717, 1.165) is 54.3 Å². The molecular weight excluding hydrogens is 499 g/mol. The first-order chi connectivity index (χ1) is 18.7. The van der Waals surface area contributed by atoms with Crippen LogP contribution in [0.2, 0.25) is 0 Å². The molecule has 4 aromatic rings. The second-order valence-corrected chi connectivity index (χ2v) is 9.99. The van der Waals surface area contributed by atoms with E-state index in [1.54, 1.807) is 23.5 Å². The molecular formula is C30H31FN4O2S. The van der Waals surface area contributed by atoms with E-state index in [2.05, 4.69) is 44.4 Å². The molecule has 0 spiro atoms. The van der Waals surface area contributed by atoms with Crippen LogP contribution in [0.4, 0.5) is 15.8 Å². The van der Waals surface area contributed by atoms with Crippen LogP contribution < -0.4 is 15.0 Å². The molecule has 2 heterocycles. The Bertz CT molecular complexity index is 1390. The minimum Gasteiger partial charge on any atom is -0.378 e. The lowest BCUT2D eigenvalue weighted by molar-refractivity contribution is -0.120. The van der Waals surface area contributed by atoms with Gasteiger partial charge in [0.1, 0.15) is 5.82 Å². The van der Waals surface area contributed by atoms with Crippen molar-refractivity contribution in [3.8, 4) is 11.3 Å². The highest BCUT2D eigenvalue weighted by Crippen LogP contribution is 2.25. The van der Waals surface area contributed by atoms with Gasteiger partial charge in [0, 0.05) is 37.2 Å². The van der Waals surface area contributed by atoms with E-state index in [-0.39, 0.29) is 11.7 Å². The average Bonchev–Trinajstić information content (AvgIpc) is 3.35. The Kier molecular flexibility index (Phi) is 8.63. The van der Waals surface area contributed by atoms with Crippen LogP contribution in [0.25, 0.3) is 11.3 Å². The molecule has 1 saturated heterocycles. The normalized spacial score (nSPS) is 14.0. The van der Waals surface area contributed by atoms with E-state index in [4.69, 9.17) is 9.73 Å². The predicted octanol–water partition coefficient (Wildman–Crippen LogP) is 5.17. The lowest BCUT2D eigenvalue weighted by Gasteiger charge is -2.28. The molecule has 38 heavy (non-hydrogen) atoms. The van der Waals surface area contributed by atoms with E-state index in [9.17, 15) is 9.18 Å². The summed E-state index contributed by atoms with van der Waals surface area (Å²) in [6, 6.07) is 24.6. The van der Waals surface area contributed by atoms with E-state index < -0.39 is 0 Å². The smallest absolute Gasteiger partial charge is 0.224 e. The Labute approximate surface area is 226 Å². The molecule has 0 aliphatic carbocycles. The molecule has 1 amide bonds. The Hall–Kier alpha value is -3.75. The number of nitrogens with one attached hydrogen (secondary N) is 1. The van der Waals surface area contributed by atoms with Crippen molar-refractivity contribution in [2.75, 3.05) is 37.7 Å². The third-order valence-corrected chi connectivity index (χ3v) is 7.34. The van der Waals surface area contributed by atoms with Crippen LogP contribution in [0.15, 0.2) is 89.2 Å². The quantitative estimate of drug-likeness (QED) is 0.304. The van der Waals surface area contributed by atoms with Gasteiger partial charge in [0.05, 0.1) is 31.0 Å². The molecule has 1 aromatic heterocycles. The molecule has 0 unspecified atom stereocenters. The molecule has 3 aromatic carbocycles. The van der Waals surface area contributed by atoms with Gasteiger partial charge in [-0.25, -0.2) is 9.38 Å². The molecule has 8 heteroatoms. The number of ether oxygens (including phenoxy) is 1. The molecule has 5 rings (SSSR count). The minimum absolute atomic E-state index is 0.0154.